The molecule has 2 fully saturated rings. The van der Waals surface area contributed by atoms with Crippen LogP contribution in [0.2, 0.25) is 0 Å². The standard InChI is InChI=1S/C27H35N3O3/c1-18-16-22(27(32)30-15-5-4-6-19(30)2)11-14-24(18)28-17-25(31)29-26(20-7-8-20)21-9-12-23(33-3)13-10-21/h9-14,16,19-20,26,28H,4-8,15,17H2,1-3H3,(H,29,31). The Balaban J connectivity index is 1.35. The molecule has 0 radical (unpaired) electrons. The molecule has 33 heavy (non-hydrogen) atoms. The summed E-state index contributed by atoms with van der Waals surface area (Å²) in [4.78, 5) is 27.6. The smallest absolute Gasteiger partial charge is 0.254 e. The summed E-state index contributed by atoms with van der Waals surface area (Å²) in [6, 6.07) is 13.9. The van der Waals surface area contributed by atoms with Crippen LogP contribution < -0.4 is 15.4 Å². The van der Waals surface area contributed by atoms with Gasteiger partial charge >= 0.3 is 0 Å². The number of ether oxygens (including phenoxy) is 1. The highest BCUT2D eigenvalue weighted by Crippen LogP contribution is 2.41. The maximum Gasteiger partial charge on any atom is 0.254 e. The van der Waals surface area contributed by atoms with E-state index < -0.39 is 0 Å². The van der Waals surface area contributed by atoms with Crippen molar-refractivity contribution >= 4 is 17.5 Å². The van der Waals surface area contributed by atoms with Crippen molar-refractivity contribution in [2.24, 2.45) is 5.92 Å². The van der Waals surface area contributed by atoms with Crippen LogP contribution in [0.4, 0.5) is 5.69 Å². The largest absolute Gasteiger partial charge is 0.497 e. The number of aryl methyl sites for hydroxylation is 1. The molecule has 1 aliphatic carbocycles. The Morgan fingerprint density at radius 3 is 2.48 bits per heavy atom. The molecule has 1 heterocycles. The minimum absolute atomic E-state index is 0.0258. The molecule has 176 valence electrons. The maximum absolute atomic E-state index is 12.9. The van der Waals surface area contributed by atoms with Crippen molar-refractivity contribution in [1.82, 2.24) is 10.2 Å². The molecule has 2 atom stereocenters. The van der Waals surface area contributed by atoms with Gasteiger partial charge in [0.2, 0.25) is 5.91 Å². The summed E-state index contributed by atoms with van der Waals surface area (Å²) in [5.41, 5.74) is 3.66. The lowest BCUT2D eigenvalue weighted by molar-refractivity contribution is -0.120. The summed E-state index contributed by atoms with van der Waals surface area (Å²) in [5.74, 6) is 1.37. The Hall–Kier alpha value is -3.02. The van der Waals surface area contributed by atoms with Crippen molar-refractivity contribution in [3.8, 4) is 5.75 Å². The van der Waals surface area contributed by atoms with Gasteiger partial charge in [0.15, 0.2) is 0 Å². The molecule has 0 spiro atoms. The quantitative estimate of drug-likeness (QED) is 0.613. The molecule has 0 aromatic heterocycles. The first-order valence-corrected chi connectivity index (χ1v) is 12.0. The van der Waals surface area contributed by atoms with Gasteiger partial charge in [-0.25, -0.2) is 0 Å². The van der Waals surface area contributed by atoms with Crippen molar-refractivity contribution in [2.75, 3.05) is 25.5 Å². The van der Waals surface area contributed by atoms with Crippen LogP contribution in [0.1, 0.15) is 66.6 Å². The van der Waals surface area contributed by atoms with E-state index in [0.29, 0.717) is 11.5 Å². The molecular formula is C27H35N3O3. The zero-order valence-corrected chi connectivity index (χ0v) is 19.9. The molecule has 2 N–H and O–H groups in total. The highest BCUT2D eigenvalue weighted by atomic mass is 16.5. The first kappa shape index (κ1) is 23.1. The molecule has 1 saturated heterocycles. The monoisotopic (exact) mass is 449 g/mol. The Kier molecular flexibility index (Phi) is 7.21. The molecule has 1 aliphatic heterocycles. The number of piperidine rings is 1. The number of methoxy groups -OCH3 is 1. The summed E-state index contributed by atoms with van der Waals surface area (Å²) in [7, 11) is 1.65. The van der Waals surface area contributed by atoms with Crippen molar-refractivity contribution < 1.29 is 14.3 Å². The zero-order chi connectivity index (χ0) is 23.4. The third-order valence-electron chi connectivity index (χ3n) is 6.86. The van der Waals surface area contributed by atoms with Crippen LogP contribution in [0, 0.1) is 12.8 Å². The van der Waals surface area contributed by atoms with Crippen molar-refractivity contribution in [3.05, 3.63) is 59.2 Å². The topological polar surface area (TPSA) is 70.7 Å². The molecule has 2 amide bonds. The second-order valence-electron chi connectivity index (χ2n) is 9.38. The van der Waals surface area contributed by atoms with Crippen molar-refractivity contribution in [1.29, 1.82) is 0 Å². The van der Waals surface area contributed by atoms with Crippen LogP contribution in [0.15, 0.2) is 42.5 Å². The fraction of sp³-hybridized carbons (Fsp3) is 0.481. The molecule has 2 aliphatic rings. The van der Waals surface area contributed by atoms with Crippen LogP contribution in [0.3, 0.4) is 0 Å². The van der Waals surface area contributed by atoms with Gasteiger partial charge in [0.25, 0.3) is 5.91 Å². The fourth-order valence-corrected chi connectivity index (χ4v) is 4.67. The van der Waals surface area contributed by atoms with E-state index in [0.717, 1.165) is 54.8 Å². The SMILES string of the molecule is COc1ccc(C(NC(=O)CNc2ccc(C(=O)N3CCCCC3C)cc2C)C2CC2)cc1. The van der Waals surface area contributed by atoms with Gasteiger partial charge in [-0.3, -0.25) is 9.59 Å². The predicted octanol–water partition coefficient (Wildman–Crippen LogP) is 4.70. The summed E-state index contributed by atoms with van der Waals surface area (Å²) in [6.45, 7) is 5.12. The molecule has 6 heteroatoms. The molecule has 1 saturated carbocycles. The number of carbonyl (C=O) groups is 2. The average molecular weight is 450 g/mol. The number of hydrogen-bond acceptors (Lipinski definition) is 4. The van der Waals surface area contributed by atoms with Gasteiger partial charge in [-0.2, -0.15) is 0 Å². The van der Waals surface area contributed by atoms with E-state index >= 15 is 0 Å². The normalized spacial score (nSPS) is 19.0. The van der Waals surface area contributed by atoms with Crippen molar-refractivity contribution in [3.63, 3.8) is 0 Å². The number of likely N-dealkylation sites (tertiary alicyclic amines) is 1. The van der Waals surface area contributed by atoms with Gasteiger partial charge < -0.3 is 20.3 Å². The Morgan fingerprint density at radius 2 is 1.85 bits per heavy atom. The van der Waals surface area contributed by atoms with Gasteiger partial charge in [-0.05, 0) is 93.3 Å². The number of anilines is 1. The molecule has 4 rings (SSSR count). The Labute approximate surface area is 196 Å². The molecular weight excluding hydrogens is 414 g/mol. The number of carbonyl (C=O) groups excluding carboxylic acids is 2. The van der Waals surface area contributed by atoms with E-state index in [1.165, 1.54) is 6.42 Å². The number of nitrogens with zero attached hydrogens (tertiary/aromatic N) is 1. The van der Waals surface area contributed by atoms with Crippen LogP contribution in [0.25, 0.3) is 0 Å². The number of nitrogens with one attached hydrogen (secondary N) is 2. The third kappa shape index (κ3) is 5.67. The lowest BCUT2D eigenvalue weighted by Gasteiger charge is -2.33. The van der Waals surface area contributed by atoms with Crippen LogP contribution in [-0.4, -0.2) is 43.0 Å². The number of rotatable bonds is 8. The lowest BCUT2D eigenvalue weighted by Crippen LogP contribution is -2.42. The molecule has 2 aromatic carbocycles. The minimum Gasteiger partial charge on any atom is -0.497 e. The molecule has 2 aromatic rings. The maximum atomic E-state index is 12.9. The van der Waals surface area contributed by atoms with E-state index in [2.05, 4.69) is 17.6 Å². The van der Waals surface area contributed by atoms with E-state index in [-0.39, 0.29) is 30.4 Å². The Bertz CT molecular complexity index is 985. The number of benzene rings is 2. The number of amides is 2. The average Bonchev–Trinajstić information content (AvgIpc) is 3.67. The molecule has 0 bridgehead atoms. The number of hydrogen-bond donors (Lipinski definition) is 2. The third-order valence-corrected chi connectivity index (χ3v) is 6.86. The summed E-state index contributed by atoms with van der Waals surface area (Å²) >= 11 is 0. The van der Waals surface area contributed by atoms with E-state index in [1.54, 1.807) is 7.11 Å². The highest BCUT2D eigenvalue weighted by Gasteiger charge is 2.33. The highest BCUT2D eigenvalue weighted by molar-refractivity contribution is 5.95. The van der Waals surface area contributed by atoms with Crippen molar-refractivity contribution in [2.45, 2.75) is 58.0 Å². The van der Waals surface area contributed by atoms with E-state index in [4.69, 9.17) is 4.74 Å². The zero-order valence-electron chi connectivity index (χ0n) is 19.9. The molecule has 6 nitrogen and oxygen atoms in total. The van der Waals surface area contributed by atoms with E-state index in [9.17, 15) is 9.59 Å². The fourth-order valence-electron chi connectivity index (χ4n) is 4.67. The van der Waals surface area contributed by atoms with Crippen LogP contribution >= 0.6 is 0 Å². The summed E-state index contributed by atoms with van der Waals surface area (Å²) in [6.07, 6.45) is 5.60. The Morgan fingerprint density at radius 1 is 1.09 bits per heavy atom. The van der Waals surface area contributed by atoms with Gasteiger partial charge in [0.05, 0.1) is 19.7 Å². The first-order valence-electron chi connectivity index (χ1n) is 12.0. The van der Waals surface area contributed by atoms with Gasteiger partial charge in [0.1, 0.15) is 5.75 Å². The van der Waals surface area contributed by atoms with Gasteiger partial charge in [-0.1, -0.05) is 12.1 Å². The second kappa shape index (κ2) is 10.3. The first-order chi connectivity index (χ1) is 16.0. The predicted molar refractivity (Wildman–Crippen MR) is 131 cm³/mol. The lowest BCUT2D eigenvalue weighted by atomic mass is 10.0. The van der Waals surface area contributed by atoms with Crippen LogP contribution in [0.5, 0.6) is 5.75 Å². The van der Waals surface area contributed by atoms with Gasteiger partial charge in [-0.15, -0.1) is 0 Å². The molecule has 2 unspecified atom stereocenters. The van der Waals surface area contributed by atoms with Crippen LogP contribution in [-0.2, 0) is 4.79 Å². The summed E-state index contributed by atoms with van der Waals surface area (Å²) in [5, 5.41) is 6.44. The van der Waals surface area contributed by atoms with E-state index in [1.807, 2.05) is 54.3 Å². The summed E-state index contributed by atoms with van der Waals surface area (Å²) < 4.78 is 5.25. The van der Waals surface area contributed by atoms with Gasteiger partial charge in [0, 0.05) is 23.8 Å². The minimum atomic E-state index is -0.0376. The second-order valence-corrected chi connectivity index (χ2v) is 9.38.